The van der Waals surface area contributed by atoms with Gasteiger partial charge in [0.2, 0.25) is 0 Å². The van der Waals surface area contributed by atoms with E-state index in [1.54, 1.807) is 6.08 Å². The number of hydrogen-bond donors (Lipinski definition) is 2. The van der Waals surface area contributed by atoms with Gasteiger partial charge in [-0.15, -0.1) is 5.73 Å². The lowest BCUT2D eigenvalue weighted by atomic mass is 10.0. The van der Waals surface area contributed by atoms with Gasteiger partial charge in [0.15, 0.2) is 6.17 Å². The first-order valence-corrected chi connectivity index (χ1v) is 7.33. The Morgan fingerprint density at radius 3 is 2.83 bits per heavy atom. The van der Waals surface area contributed by atoms with Crippen molar-refractivity contribution in [3.8, 4) is 6.07 Å². The van der Waals surface area contributed by atoms with E-state index in [0.717, 1.165) is 10.5 Å². The summed E-state index contributed by atoms with van der Waals surface area (Å²) in [4.78, 5) is 13.7. The van der Waals surface area contributed by atoms with E-state index in [2.05, 4.69) is 11.0 Å². The zero-order valence-corrected chi connectivity index (χ0v) is 12.3. The van der Waals surface area contributed by atoms with Gasteiger partial charge in [-0.05, 0) is 11.6 Å². The average Bonchev–Trinajstić information content (AvgIpc) is 3.13. The Morgan fingerprint density at radius 1 is 1.43 bits per heavy atom. The van der Waals surface area contributed by atoms with Gasteiger partial charge in [-0.25, -0.2) is 9.18 Å². The normalized spacial score (nSPS) is 26.1. The fraction of sp³-hybridized carbons (Fsp3) is 0.294. The van der Waals surface area contributed by atoms with Crippen molar-refractivity contribution < 1.29 is 9.18 Å². The minimum Gasteiger partial charge on any atom is -0.330 e. The molecule has 0 radical (unpaired) electrons. The van der Waals surface area contributed by atoms with Crippen LogP contribution in [0.25, 0.3) is 0 Å². The van der Waals surface area contributed by atoms with E-state index in [9.17, 15) is 9.18 Å². The summed E-state index contributed by atoms with van der Waals surface area (Å²) in [6, 6.07) is 9.77. The number of carbonyl (C=O) groups excluding carboxylic acids is 1. The Labute approximate surface area is 133 Å². The Balaban J connectivity index is 1.76. The summed E-state index contributed by atoms with van der Waals surface area (Å²) in [6.07, 6.45) is 0.607. The molecule has 1 heterocycles. The number of urea groups is 1. The van der Waals surface area contributed by atoms with Gasteiger partial charge in [-0.3, -0.25) is 10.3 Å². The second kappa shape index (κ2) is 6.07. The minimum atomic E-state index is -1.46. The average molecular weight is 310 g/mol. The number of halogens is 1. The van der Waals surface area contributed by atoms with Crippen LogP contribution in [-0.2, 0) is 0 Å². The van der Waals surface area contributed by atoms with Crippen molar-refractivity contribution >= 4 is 11.9 Å². The van der Waals surface area contributed by atoms with Gasteiger partial charge in [-0.1, -0.05) is 30.3 Å². The molecule has 1 aromatic rings. The molecule has 0 bridgehead atoms. The quantitative estimate of drug-likeness (QED) is 0.824. The van der Waals surface area contributed by atoms with Crippen LogP contribution in [0.1, 0.15) is 24.4 Å². The Kier molecular flexibility index (Phi) is 3.96. The van der Waals surface area contributed by atoms with Crippen LogP contribution >= 0.6 is 0 Å². The number of nitrogens with zero attached hydrogens (tertiary/aromatic N) is 2. The number of hydrogen-bond acceptors (Lipinski definition) is 3. The van der Waals surface area contributed by atoms with E-state index < -0.39 is 18.2 Å². The molecule has 6 heteroatoms. The SMILES string of the molecule is N#CC1=C=CC(NC(=O)N2C(=N)C(F)C[C@H]2c2ccccc2)C1. The number of amides is 2. The molecule has 1 aliphatic carbocycles. The monoisotopic (exact) mass is 310 g/mol. The van der Waals surface area contributed by atoms with Crippen LogP contribution in [0, 0.1) is 16.7 Å². The maximum Gasteiger partial charge on any atom is 0.323 e. The second-order valence-corrected chi connectivity index (χ2v) is 5.55. The van der Waals surface area contributed by atoms with E-state index in [-0.39, 0.29) is 18.3 Å². The third-order valence-electron chi connectivity index (χ3n) is 4.03. The van der Waals surface area contributed by atoms with Crippen molar-refractivity contribution in [2.45, 2.75) is 31.1 Å². The summed E-state index contributed by atoms with van der Waals surface area (Å²) in [7, 11) is 0. The lowest BCUT2D eigenvalue weighted by Crippen LogP contribution is -2.46. The molecule has 1 aromatic carbocycles. The summed E-state index contributed by atoms with van der Waals surface area (Å²) in [5, 5.41) is 19.4. The second-order valence-electron chi connectivity index (χ2n) is 5.55. The molecule has 0 saturated carbocycles. The number of likely N-dealkylation sites (tertiary alicyclic amines) is 1. The van der Waals surface area contributed by atoms with Crippen molar-refractivity contribution in [3.63, 3.8) is 0 Å². The van der Waals surface area contributed by atoms with Crippen LogP contribution in [0.4, 0.5) is 9.18 Å². The van der Waals surface area contributed by atoms with Gasteiger partial charge in [0.05, 0.1) is 17.7 Å². The predicted octanol–water partition coefficient (Wildman–Crippen LogP) is 2.84. The zero-order valence-electron chi connectivity index (χ0n) is 12.3. The minimum absolute atomic E-state index is 0.0818. The number of rotatable bonds is 2. The molecule has 116 valence electrons. The summed E-state index contributed by atoms with van der Waals surface area (Å²) < 4.78 is 14.0. The molecule has 3 atom stereocenters. The Hall–Kier alpha value is -2.90. The van der Waals surface area contributed by atoms with E-state index in [0.29, 0.717) is 12.0 Å². The molecule has 3 rings (SSSR count). The number of carbonyl (C=O) groups is 1. The molecule has 23 heavy (non-hydrogen) atoms. The van der Waals surface area contributed by atoms with Crippen LogP contribution in [0.15, 0.2) is 47.7 Å². The molecular weight excluding hydrogens is 295 g/mol. The Morgan fingerprint density at radius 2 is 2.17 bits per heavy atom. The van der Waals surface area contributed by atoms with E-state index in [1.807, 2.05) is 36.4 Å². The van der Waals surface area contributed by atoms with Crippen LogP contribution in [-0.4, -0.2) is 29.0 Å². The van der Waals surface area contributed by atoms with Crippen molar-refractivity contribution in [1.29, 1.82) is 10.7 Å². The fourth-order valence-corrected chi connectivity index (χ4v) is 2.88. The lowest BCUT2D eigenvalue weighted by Gasteiger charge is -2.26. The molecule has 5 nitrogen and oxygen atoms in total. The first-order valence-electron chi connectivity index (χ1n) is 7.33. The summed E-state index contributed by atoms with van der Waals surface area (Å²) in [5.74, 6) is -0.327. The van der Waals surface area contributed by atoms with Crippen molar-refractivity contribution in [2.24, 2.45) is 0 Å². The van der Waals surface area contributed by atoms with Crippen molar-refractivity contribution in [2.75, 3.05) is 0 Å². The molecule has 2 aliphatic rings. The highest BCUT2D eigenvalue weighted by Gasteiger charge is 2.41. The van der Waals surface area contributed by atoms with Gasteiger partial charge < -0.3 is 5.32 Å². The third kappa shape index (κ3) is 2.87. The van der Waals surface area contributed by atoms with E-state index in [1.165, 1.54) is 0 Å². The van der Waals surface area contributed by atoms with Gasteiger partial charge >= 0.3 is 6.03 Å². The molecule has 2 unspecified atom stereocenters. The fourth-order valence-electron chi connectivity index (χ4n) is 2.88. The molecular formula is C17H15FN4O. The smallest absolute Gasteiger partial charge is 0.323 e. The standard InChI is InChI=1S/C17H15FN4O/c18-14-9-15(12-4-2-1-3-5-12)22(16(14)20)17(23)21-13-7-6-11(8-13)10-19/h1-5,7,13-15,20H,8-9H2,(H,21,23)/t13?,14?,15-/m0/s1. The largest absolute Gasteiger partial charge is 0.330 e. The van der Waals surface area contributed by atoms with Crippen LogP contribution < -0.4 is 5.32 Å². The Bertz CT molecular complexity index is 746. The van der Waals surface area contributed by atoms with Gasteiger partial charge in [-0.2, -0.15) is 5.26 Å². The first-order chi connectivity index (χ1) is 11.1. The molecule has 1 aliphatic heterocycles. The highest BCUT2D eigenvalue weighted by Crippen LogP contribution is 2.34. The maximum absolute atomic E-state index is 14.0. The summed E-state index contributed by atoms with van der Waals surface area (Å²) in [6.45, 7) is 0. The molecule has 2 N–H and O–H groups in total. The van der Waals surface area contributed by atoms with Gasteiger partial charge in [0.25, 0.3) is 0 Å². The maximum atomic E-state index is 14.0. The summed E-state index contributed by atoms with van der Waals surface area (Å²) in [5.41, 5.74) is 4.05. The zero-order chi connectivity index (χ0) is 16.4. The third-order valence-corrected chi connectivity index (χ3v) is 4.03. The lowest BCUT2D eigenvalue weighted by molar-refractivity contribution is 0.210. The van der Waals surface area contributed by atoms with E-state index >= 15 is 0 Å². The number of nitriles is 1. The van der Waals surface area contributed by atoms with Crippen molar-refractivity contribution in [3.05, 3.63) is 53.3 Å². The first kappa shape index (κ1) is 15.0. The van der Waals surface area contributed by atoms with E-state index in [4.69, 9.17) is 10.7 Å². The van der Waals surface area contributed by atoms with Crippen LogP contribution in [0.5, 0.6) is 0 Å². The number of nitrogens with one attached hydrogen (secondary N) is 2. The number of alkyl halides is 1. The number of benzene rings is 1. The molecule has 0 spiro atoms. The van der Waals surface area contributed by atoms with Gasteiger partial charge in [0.1, 0.15) is 11.9 Å². The molecule has 0 aromatic heterocycles. The molecule has 1 saturated heterocycles. The number of amidine groups is 1. The highest BCUT2D eigenvalue weighted by molar-refractivity contribution is 6.00. The topological polar surface area (TPSA) is 80.0 Å². The van der Waals surface area contributed by atoms with Crippen LogP contribution in [0.2, 0.25) is 0 Å². The highest BCUT2D eigenvalue weighted by atomic mass is 19.1. The molecule has 1 fully saturated rings. The molecule has 2 amide bonds. The predicted molar refractivity (Wildman–Crippen MR) is 82.4 cm³/mol. The van der Waals surface area contributed by atoms with Crippen LogP contribution in [0.3, 0.4) is 0 Å². The van der Waals surface area contributed by atoms with Gasteiger partial charge in [0, 0.05) is 12.8 Å². The van der Waals surface area contributed by atoms with Crippen molar-refractivity contribution in [1.82, 2.24) is 10.2 Å². The summed E-state index contributed by atoms with van der Waals surface area (Å²) >= 11 is 0.